The second-order valence-corrected chi connectivity index (χ2v) is 3.57. The van der Waals surface area contributed by atoms with Gasteiger partial charge in [-0.1, -0.05) is 0 Å². The van der Waals surface area contributed by atoms with Gasteiger partial charge in [-0.05, 0) is 20.9 Å². The number of Topliss-reactive ketones (excluding diaryl/α,β-unsaturated/α-hetero) is 1. The van der Waals surface area contributed by atoms with Gasteiger partial charge in [0.25, 0.3) is 0 Å². The predicted octanol–water partition coefficient (Wildman–Crippen LogP) is 0.601. The number of aryl methyl sites for hydroxylation is 1. The maximum Gasteiger partial charge on any atom is 0.217 e. The number of hydrogen-bond donors (Lipinski definition) is 1. The molecule has 1 aromatic rings. The first-order valence-corrected chi connectivity index (χ1v) is 4.20. The highest BCUT2D eigenvalue weighted by Crippen LogP contribution is 2.09. The molecule has 0 radical (unpaired) electrons. The Hall–Kier alpha value is -1.16. The summed E-state index contributed by atoms with van der Waals surface area (Å²) in [4.78, 5) is 15.8. The van der Waals surface area contributed by atoms with Gasteiger partial charge in [-0.2, -0.15) is 0 Å². The first kappa shape index (κ1) is 9.92. The lowest BCUT2D eigenvalue weighted by Gasteiger charge is -2.21. The molecule has 0 spiro atoms. The fourth-order valence-electron chi connectivity index (χ4n) is 0.977. The molecule has 72 valence electrons. The van der Waals surface area contributed by atoms with Gasteiger partial charge in [0.1, 0.15) is 0 Å². The molecule has 1 rings (SSSR count). The zero-order valence-corrected chi connectivity index (χ0v) is 8.46. The molecule has 0 unspecified atom stereocenters. The molecule has 0 saturated heterocycles. The number of ketones is 1. The van der Waals surface area contributed by atoms with Gasteiger partial charge >= 0.3 is 0 Å². The molecule has 0 saturated carbocycles. The first-order chi connectivity index (χ1) is 5.99. The minimum atomic E-state index is -0.556. The third-order valence-corrected chi connectivity index (χ3v) is 2.22. The average Bonchev–Trinajstić information content (AvgIpc) is 2.50. The molecule has 0 aromatic carbocycles. The van der Waals surface area contributed by atoms with Crippen molar-refractivity contribution in [1.29, 1.82) is 0 Å². The topological polar surface area (TPSA) is 46.9 Å². The predicted molar refractivity (Wildman–Crippen MR) is 50.7 cm³/mol. The zero-order valence-electron chi connectivity index (χ0n) is 8.46. The quantitative estimate of drug-likeness (QED) is 0.695. The summed E-state index contributed by atoms with van der Waals surface area (Å²) in [6.45, 7) is 3.67. The molecule has 4 nitrogen and oxygen atoms in total. The van der Waals surface area contributed by atoms with Crippen LogP contribution in [-0.2, 0) is 7.05 Å². The molecular formula is C9H15N3O. The van der Waals surface area contributed by atoms with Crippen molar-refractivity contribution in [3.05, 3.63) is 18.2 Å². The summed E-state index contributed by atoms with van der Waals surface area (Å²) >= 11 is 0. The minimum absolute atomic E-state index is 0.00231. The highest BCUT2D eigenvalue weighted by atomic mass is 16.1. The summed E-state index contributed by atoms with van der Waals surface area (Å²) < 4.78 is 1.72. The normalized spacial score (nSPS) is 11.7. The lowest BCUT2D eigenvalue weighted by atomic mass is 9.99. The highest BCUT2D eigenvalue weighted by molar-refractivity contribution is 5.99. The van der Waals surface area contributed by atoms with E-state index in [1.165, 1.54) is 0 Å². The molecule has 1 heterocycles. The van der Waals surface area contributed by atoms with E-state index < -0.39 is 5.54 Å². The Morgan fingerprint density at radius 2 is 2.23 bits per heavy atom. The summed E-state index contributed by atoms with van der Waals surface area (Å²) in [5.74, 6) is 0.488. The van der Waals surface area contributed by atoms with E-state index in [4.69, 9.17) is 0 Å². The van der Waals surface area contributed by atoms with Crippen molar-refractivity contribution >= 4 is 5.78 Å². The van der Waals surface area contributed by atoms with Gasteiger partial charge in [0.2, 0.25) is 5.78 Å². The second-order valence-electron chi connectivity index (χ2n) is 3.57. The number of carbonyl (C=O) groups is 1. The molecule has 1 aromatic heterocycles. The zero-order chi connectivity index (χ0) is 10.1. The number of aromatic nitrogens is 2. The van der Waals surface area contributed by atoms with Crippen LogP contribution >= 0.6 is 0 Å². The van der Waals surface area contributed by atoms with E-state index in [0.717, 1.165) is 0 Å². The molecule has 0 atom stereocenters. The Balaban J connectivity index is 2.98. The van der Waals surface area contributed by atoms with Crippen LogP contribution < -0.4 is 5.32 Å². The van der Waals surface area contributed by atoms with Crippen molar-refractivity contribution in [2.75, 3.05) is 7.05 Å². The third kappa shape index (κ3) is 1.78. The number of carbonyl (C=O) groups excluding carboxylic acids is 1. The lowest BCUT2D eigenvalue weighted by molar-refractivity contribution is 0.0875. The molecule has 0 amide bonds. The van der Waals surface area contributed by atoms with E-state index in [1.54, 1.807) is 24.0 Å². The first-order valence-electron chi connectivity index (χ1n) is 4.20. The van der Waals surface area contributed by atoms with Crippen molar-refractivity contribution in [2.45, 2.75) is 19.4 Å². The van der Waals surface area contributed by atoms with E-state index in [2.05, 4.69) is 10.3 Å². The Morgan fingerprint density at radius 3 is 2.62 bits per heavy atom. The van der Waals surface area contributed by atoms with Gasteiger partial charge in [-0.15, -0.1) is 0 Å². The molecule has 0 aliphatic carbocycles. The summed E-state index contributed by atoms with van der Waals surface area (Å²) in [7, 11) is 3.58. The molecule has 0 aliphatic rings. The second kappa shape index (κ2) is 3.30. The standard InChI is InChI=1S/C9H15N3O/c1-9(2,10-3)7(13)8-11-5-6-12(8)4/h5-6,10H,1-4H3. The van der Waals surface area contributed by atoms with Crippen molar-refractivity contribution in [3.8, 4) is 0 Å². The van der Waals surface area contributed by atoms with E-state index in [9.17, 15) is 4.79 Å². The van der Waals surface area contributed by atoms with Crippen molar-refractivity contribution in [1.82, 2.24) is 14.9 Å². The molecule has 0 bridgehead atoms. The van der Waals surface area contributed by atoms with E-state index in [1.807, 2.05) is 20.9 Å². The fraction of sp³-hybridized carbons (Fsp3) is 0.556. The summed E-state index contributed by atoms with van der Waals surface area (Å²) in [5.41, 5.74) is -0.556. The molecule has 4 heteroatoms. The molecule has 13 heavy (non-hydrogen) atoms. The number of nitrogens with one attached hydrogen (secondary N) is 1. The molecular weight excluding hydrogens is 166 g/mol. The van der Waals surface area contributed by atoms with Gasteiger partial charge in [0.05, 0.1) is 5.54 Å². The van der Waals surface area contributed by atoms with Gasteiger partial charge in [-0.3, -0.25) is 4.79 Å². The maximum atomic E-state index is 11.8. The van der Waals surface area contributed by atoms with Gasteiger partial charge in [0, 0.05) is 19.4 Å². The Bertz CT molecular complexity index is 314. The number of rotatable bonds is 3. The average molecular weight is 181 g/mol. The fourth-order valence-corrected chi connectivity index (χ4v) is 0.977. The molecule has 0 aliphatic heterocycles. The maximum absolute atomic E-state index is 11.8. The monoisotopic (exact) mass is 181 g/mol. The largest absolute Gasteiger partial charge is 0.332 e. The smallest absolute Gasteiger partial charge is 0.217 e. The van der Waals surface area contributed by atoms with Crippen LogP contribution in [0.15, 0.2) is 12.4 Å². The lowest BCUT2D eigenvalue weighted by Crippen LogP contribution is -2.45. The van der Waals surface area contributed by atoms with Crippen LogP contribution in [0.3, 0.4) is 0 Å². The number of likely N-dealkylation sites (N-methyl/N-ethyl adjacent to an activating group) is 1. The van der Waals surface area contributed by atoms with Crippen LogP contribution in [0.5, 0.6) is 0 Å². The van der Waals surface area contributed by atoms with Crippen molar-refractivity contribution in [3.63, 3.8) is 0 Å². The van der Waals surface area contributed by atoms with Crippen molar-refractivity contribution in [2.24, 2.45) is 7.05 Å². The third-order valence-electron chi connectivity index (χ3n) is 2.22. The number of imidazole rings is 1. The van der Waals surface area contributed by atoms with Crippen LogP contribution in [-0.4, -0.2) is 27.9 Å². The van der Waals surface area contributed by atoms with Crippen LogP contribution in [0, 0.1) is 0 Å². The van der Waals surface area contributed by atoms with Crippen LogP contribution in [0.4, 0.5) is 0 Å². The molecule has 1 N–H and O–H groups in total. The SMILES string of the molecule is CNC(C)(C)C(=O)c1nccn1C. The van der Waals surface area contributed by atoms with Crippen LogP contribution in [0.2, 0.25) is 0 Å². The Morgan fingerprint density at radius 1 is 1.62 bits per heavy atom. The van der Waals surface area contributed by atoms with Crippen molar-refractivity contribution < 1.29 is 4.79 Å². The Labute approximate surface area is 78.0 Å². The van der Waals surface area contributed by atoms with Gasteiger partial charge in [0.15, 0.2) is 5.82 Å². The summed E-state index contributed by atoms with van der Waals surface area (Å²) in [6, 6.07) is 0. The van der Waals surface area contributed by atoms with E-state index in [-0.39, 0.29) is 5.78 Å². The van der Waals surface area contributed by atoms with E-state index >= 15 is 0 Å². The molecule has 0 fully saturated rings. The summed E-state index contributed by atoms with van der Waals surface area (Å²) in [5, 5.41) is 2.95. The van der Waals surface area contributed by atoms with Crippen LogP contribution in [0.1, 0.15) is 24.5 Å². The van der Waals surface area contributed by atoms with Crippen LogP contribution in [0.25, 0.3) is 0 Å². The minimum Gasteiger partial charge on any atom is -0.332 e. The summed E-state index contributed by atoms with van der Waals surface area (Å²) in [6.07, 6.45) is 3.39. The van der Waals surface area contributed by atoms with E-state index in [0.29, 0.717) is 5.82 Å². The van der Waals surface area contributed by atoms with Gasteiger partial charge in [-0.25, -0.2) is 4.98 Å². The number of hydrogen-bond acceptors (Lipinski definition) is 3. The highest BCUT2D eigenvalue weighted by Gasteiger charge is 2.29. The number of nitrogens with zero attached hydrogens (tertiary/aromatic N) is 2. The Kier molecular flexibility index (Phi) is 2.52. The van der Waals surface area contributed by atoms with Gasteiger partial charge < -0.3 is 9.88 Å².